The molecule has 0 aliphatic heterocycles. The van der Waals surface area contributed by atoms with Crippen LogP contribution >= 0.6 is 15.9 Å². The number of hydrogen-bond acceptors (Lipinski definition) is 2. The third kappa shape index (κ3) is 4.29. The third-order valence-corrected chi connectivity index (χ3v) is 4.45. The number of halogens is 1. The van der Waals surface area contributed by atoms with Crippen LogP contribution in [-0.2, 0) is 4.74 Å². The molecule has 102 valence electrons. The number of anilines is 1. The lowest BCUT2D eigenvalue weighted by Gasteiger charge is -2.27. The van der Waals surface area contributed by atoms with Crippen molar-refractivity contribution < 1.29 is 4.74 Å². The molecule has 1 aromatic rings. The van der Waals surface area contributed by atoms with Crippen LogP contribution in [-0.4, -0.2) is 18.8 Å². The van der Waals surface area contributed by atoms with E-state index in [1.54, 1.807) is 7.11 Å². The summed E-state index contributed by atoms with van der Waals surface area (Å²) < 4.78 is 6.66. The second-order valence-electron chi connectivity index (χ2n) is 5.64. The molecule has 2 nitrogen and oxygen atoms in total. The second-order valence-corrected chi connectivity index (χ2v) is 6.43. The molecule has 1 atom stereocenters. The lowest BCUT2D eigenvalue weighted by atomic mass is 9.99. The molecule has 0 heterocycles. The quantitative estimate of drug-likeness (QED) is 0.852. The summed E-state index contributed by atoms with van der Waals surface area (Å²) in [7, 11) is 1.76. The van der Waals surface area contributed by atoms with Gasteiger partial charge in [-0.2, -0.15) is 0 Å². The van der Waals surface area contributed by atoms with Gasteiger partial charge in [0.25, 0.3) is 0 Å². The fourth-order valence-corrected chi connectivity index (χ4v) is 2.41. The van der Waals surface area contributed by atoms with E-state index >= 15 is 0 Å². The van der Waals surface area contributed by atoms with Gasteiger partial charge in [0.05, 0.1) is 5.60 Å². The van der Waals surface area contributed by atoms with Crippen LogP contribution in [0.3, 0.4) is 0 Å². The first-order chi connectivity index (χ1) is 8.25. The van der Waals surface area contributed by atoms with Crippen LogP contribution in [0.1, 0.15) is 38.3 Å². The molecule has 0 spiro atoms. The Morgan fingerprint density at radius 3 is 2.22 bits per heavy atom. The summed E-state index contributed by atoms with van der Waals surface area (Å²) in [6.45, 7) is 10.7. The molecule has 1 N–H and O–H groups in total. The molecule has 1 rings (SSSR count). The zero-order valence-corrected chi connectivity index (χ0v) is 13.8. The average Bonchev–Trinajstić information content (AvgIpc) is 2.25. The van der Waals surface area contributed by atoms with Gasteiger partial charge in [-0.15, -0.1) is 0 Å². The highest BCUT2D eigenvalue weighted by Gasteiger charge is 2.20. The number of nitrogens with one attached hydrogen (secondary N) is 1. The van der Waals surface area contributed by atoms with Gasteiger partial charge in [-0.25, -0.2) is 0 Å². The molecular weight excluding hydrogens is 290 g/mol. The Kier molecular flexibility index (Phi) is 5.23. The molecule has 0 radical (unpaired) electrons. The smallest absolute Gasteiger partial charge is 0.0642 e. The topological polar surface area (TPSA) is 21.3 Å². The van der Waals surface area contributed by atoms with E-state index in [2.05, 4.69) is 68.0 Å². The van der Waals surface area contributed by atoms with Crippen molar-refractivity contribution in [3.05, 3.63) is 27.7 Å². The predicted molar refractivity (Wildman–Crippen MR) is 82.4 cm³/mol. The van der Waals surface area contributed by atoms with E-state index in [0.29, 0.717) is 6.04 Å². The van der Waals surface area contributed by atoms with E-state index in [0.717, 1.165) is 6.42 Å². The van der Waals surface area contributed by atoms with Crippen molar-refractivity contribution in [2.45, 2.75) is 52.7 Å². The van der Waals surface area contributed by atoms with Gasteiger partial charge in [0.15, 0.2) is 0 Å². The van der Waals surface area contributed by atoms with Gasteiger partial charge in [0.1, 0.15) is 0 Å². The molecule has 1 unspecified atom stereocenters. The highest BCUT2D eigenvalue weighted by molar-refractivity contribution is 9.10. The first-order valence-electron chi connectivity index (χ1n) is 6.33. The van der Waals surface area contributed by atoms with Crippen molar-refractivity contribution in [3.8, 4) is 0 Å². The predicted octanol–water partition coefficient (Wildman–Crippen LogP) is 4.68. The van der Waals surface area contributed by atoms with E-state index in [1.165, 1.54) is 21.3 Å². The van der Waals surface area contributed by atoms with Crippen molar-refractivity contribution in [3.63, 3.8) is 0 Å². The summed E-state index contributed by atoms with van der Waals surface area (Å²) in [6, 6.07) is 4.72. The fourth-order valence-electron chi connectivity index (χ4n) is 2.19. The maximum absolute atomic E-state index is 5.47. The molecule has 18 heavy (non-hydrogen) atoms. The Morgan fingerprint density at radius 1 is 1.28 bits per heavy atom. The monoisotopic (exact) mass is 313 g/mol. The summed E-state index contributed by atoms with van der Waals surface area (Å²) in [5.74, 6) is 0. The standard InChI is InChI=1S/C15H24BrNO/c1-10-7-13(8-11(2)14(10)16)17-12(3)9-15(4,5)18-6/h7-8,12,17H,9H2,1-6H3. The zero-order valence-electron chi connectivity index (χ0n) is 12.2. The minimum Gasteiger partial charge on any atom is -0.382 e. The van der Waals surface area contributed by atoms with E-state index in [4.69, 9.17) is 4.74 Å². The zero-order chi connectivity index (χ0) is 13.9. The van der Waals surface area contributed by atoms with Crippen LogP contribution in [0.4, 0.5) is 5.69 Å². The van der Waals surface area contributed by atoms with Gasteiger partial charge in [-0.3, -0.25) is 0 Å². The number of methoxy groups -OCH3 is 1. The van der Waals surface area contributed by atoms with Gasteiger partial charge in [-0.1, -0.05) is 15.9 Å². The first-order valence-corrected chi connectivity index (χ1v) is 7.13. The largest absolute Gasteiger partial charge is 0.382 e. The van der Waals surface area contributed by atoms with Crippen LogP contribution in [0.2, 0.25) is 0 Å². The summed E-state index contributed by atoms with van der Waals surface area (Å²) in [5.41, 5.74) is 3.60. The van der Waals surface area contributed by atoms with Gasteiger partial charge in [0, 0.05) is 23.3 Å². The Bertz CT molecular complexity index is 392. The summed E-state index contributed by atoms with van der Waals surface area (Å²) >= 11 is 3.59. The van der Waals surface area contributed by atoms with Crippen molar-refractivity contribution in [2.75, 3.05) is 12.4 Å². The van der Waals surface area contributed by atoms with E-state index in [9.17, 15) is 0 Å². The van der Waals surface area contributed by atoms with E-state index < -0.39 is 0 Å². The average molecular weight is 314 g/mol. The maximum atomic E-state index is 5.47. The van der Waals surface area contributed by atoms with Crippen LogP contribution in [0.25, 0.3) is 0 Å². The fraction of sp³-hybridized carbons (Fsp3) is 0.600. The molecular formula is C15H24BrNO. The number of benzene rings is 1. The lowest BCUT2D eigenvalue weighted by molar-refractivity contribution is 0.0128. The Balaban J connectivity index is 2.74. The van der Waals surface area contributed by atoms with Crippen molar-refractivity contribution in [2.24, 2.45) is 0 Å². The molecule has 0 saturated heterocycles. The Morgan fingerprint density at radius 2 is 1.78 bits per heavy atom. The van der Waals surface area contributed by atoms with E-state index in [1.807, 2.05) is 0 Å². The third-order valence-electron chi connectivity index (χ3n) is 3.20. The molecule has 0 aliphatic carbocycles. The Hall–Kier alpha value is -0.540. The molecule has 0 aliphatic rings. The van der Waals surface area contributed by atoms with Gasteiger partial charge >= 0.3 is 0 Å². The maximum Gasteiger partial charge on any atom is 0.0642 e. The molecule has 0 aromatic heterocycles. The number of rotatable bonds is 5. The van der Waals surface area contributed by atoms with Crippen molar-refractivity contribution in [1.29, 1.82) is 0 Å². The number of ether oxygens (including phenoxy) is 1. The minimum absolute atomic E-state index is 0.0914. The SMILES string of the molecule is COC(C)(C)CC(C)Nc1cc(C)c(Br)c(C)c1. The minimum atomic E-state index is -0.0914. The summed E-state index contributed by atoms with van der Waals surface area (Å²) in [5, 5.41) is 3.54. The number of aryl methyl sites for hydroxylation is 2. The summed E-state index contributed by atoms with van der Waals surface area (Å²) in [6.07, 6.45) is 0.970. The first kappa shape index (κ1) is 15.5. The van der Waals surface area contributed by atoms with Crippen LogP contribution in [0, 0.1) is 13.8 Å². The van der Waals surface area contributed by atoms with Gasteiger partial charge in [-0.05, 0) is 64.3 Å². The summed E-state index contributed by atoms with van der Waals surface area (Å²) in [4.78, 5) is 0. The van der Waals surface area contributed by atoms with Crippen molar-refractivity contribution in [1.82, 2.24) is 0 Å². The molecule has 0 amide bonds. The second kappa shape index (κ2) is 6.07. The Labute approximate surface area is 119 Å². The van der Waals surface area contributed by atoms with Crippen molar-refractivity contribution >= 4 is 21.6 Å². The van der Waals surface area contributed by atoms with Crippen LogP contribution in [0.15, 0.2) is 16.6 Å². The van der Waals surface area contributed by atoms with Crippen LogP contribution < -0.4 is 5.32 Å². The van der Waals surface area contributed by atoms with Gasteiger partial charge in [0.2, 0.25) is 0 Å². The van der Waals surface area contributed by atoms with E-state index in [-0.39, 0.29) is 5.60 Å². The molecule has 1 aromatic carbocycles. The lowest BCUT2D eigenvalue weighted by Crippen LogP contribution is -2.31. The molecule has 0 saturated carbocycles. The molecule has 0 fully saturated rings. The normalized spacial score (nSPS) is 13.5. The number of hydrogen-bond donors (Lipinski definition) is 1. The van der Waals surface area contributed by atoms with Gasteiger partial charge < -0.3 is 10.1 Å². The molecule has 0 bridgehead atoms. The molecule has 3 heteroatoms. The van der Waals surface area contributed by atoms with Crippen LogP contribution in [0.5, 0.6) is 0 Å². The highest BCUT2D eigenvalue weighted by atomic mass is 79.9. The highest BCUT2D eigenvalue weighted by Crippen LogP contribution is 2.26.